The number of urea groups is 1. The Hall–Kier alpha value is -3.22. The molecular weight excluding hydrogens is 372 g/mol. The van der Waals surface area contributed by atoms with Crippen molar-refractivity contribution in [1.29, 1.82) is 0 Å². The van der Waals surface area contributed by atoms with Gasteiger partial charge in [-0.1, -0.05) is 30.3 Å². The average molecular weight is 398 g/mol. The van der Waals surface area contributed by atoms with Gasteiger partial charge in [0.25, 0.3) is 0 Å². The van der Waals surface area contributed by atoms with Crippen molar-refractivity contribution >= 4 is 12.0 Å². The summed E-state index contributed by atoms with van der Waals surface area (Å²) in [6.45, 7) is 0.772. The molecule has 3 rings (SSSR count). The molecule has 2 aromatic rings. The van der Waals surface area contributed by atoms with E-state index in [-0.39, 0.29) is 31.0 Å². The number of carbonyl (C=O) groups is 2. The number of ether oxygens (including phenoxy) is 3. The summed E-state index contributed by atoms with van der Waals surface area (Å²) in [5.41, 5.74) is 3.13. The second-order valence-electron chi connectivity index (χ2n) is 6.72. The standard InChI is InChI=1S/C22H26N2O5/c1-27-18-13-16-10-12-24(22(26)23-11-9-20(25)29-3)21(15-7-5-4-6-8-15)17(16)14-19(18)28-2/h4-8,13-14,21H,9-12H2,1-3H3,(H,23,26)/t21-/m1/s1. The van der Waals surface area contributed by atoms with Crippen molar-refractivity contribution in [2.75, 3.05) is 34.4 Å². The van der Waals surface area contributed by atoms with Gasteiger partial charge in [0.1, 0.15) is 0 Å². The second kappa shape index (κ2) is 9.32. The topological polar surface area (TPSA) is 77.1 Å². The van der Waals surface area contributed by atoms with E-state index in [1.165, 1.54) is 7.11 Å². The van der Waals surface area contributed by atoms with Gasteiger partial charge in [-0.25, -0.2) is 4.79 Å². The van der Waals surface area contributed by atoms with Gasteiger partial charge in [0.05, 0.1) is 33.8 Å². The molecule has 0 fully saturated rings. The number of methoxy groups -OCH3 is 3. The first-order valence-corrected chi connectivity index (χ1v) is 9.50. The van der Waals surface area contributed by atoms with E-state index in [4.69, 9.17) is 9.47 Å². The Balaban J connectivity index is 1.94. The van der Waals surface area contributed by atoms with Gasteiger partial charge in [-0.15, -0.1) is 0 Å². The van der Waals surface area contributed by atoms with Crippen LogP contribution >= 0.6 is 0 Å². The van der Waals surface area contributed by atoms with Crippen molar-refractivity contribution < 1.29 is 23.8 Å². The predicted octanol–water partition coefficient (Wildman–Crippen LogP) is 2.92. The second-order valence-corrected chi connectivity index (χ2v) is 6.72. The molecule has 0 bridgehead atoms. The minimum atomic E-state index is -0.356. The smallest absolute Gasteiger partial charge is 0.318 e. The third-order valence-electron chi connectivity index (χ3n) is 5.08. The number of nitrogens with zero attached hydrogens (tertiary/aromatic N) is 1. The summed E-state index contributed by atoms with van der Waals surface area (Å²) in [6.07, 6.45) is 0.830. The van der Waals surface area contributed by atoms with Crippen molar-refractivity contribution in [2.24, 2.45) is 0 Å². The number of fused-ring (bicyclic) bond motifs is 1. The minimum Gasteiger partial charge on any atom is -0.493 e. The number of hydrogen-bond acceptors (Lipinski definition) is 5. The van der Waals surface area contributed by atoms with Crippen molar-refractivity contribution in [1.82, 2.24) is 10.2 Å². The van der Waals surface area contributed by atoms with Crippen LogP contribution in [0.25, 0.3) is 0 Å². The summed E-state index contributed by atoms with van der Waals surface area (Å²) in [6, 6.07) is 13.3. The highest BCUT2D eigenvalue weighted by Gasteiger charge is 2.33. The maximum atomic E-state index is 12.9. The lowest BCUT2D eigenvalue weighted by Gasteiger charge is -2.38. The normalized spacial score (nSPS) is 15.3. The molecule has 2 aromatic carbocycles. The van der Waals surface area contributed by atoms with Gasteiger partial charge in [0, 0.05) is 13.1 Å². The molecule has 0 radical (unpaired) electrons. The molecule has 154 valence electrons. The van der Waals surface area contributed by atoms with Crippen molar-refractivity contribution in [3.05, 3.63) is 59.2 Å². The van der Waals surface area contributed by atoms with Crippen LogP contribution in [0.5, 0.6) is 11.5 Å². The van der Waals surface area contributed by atoms with E-state index in [0.717, 1.165) is 16.7 Å². The van der Waals surface area contributed by atoms with Crippen LogP contribution < -0.4 is 14.8 Å². The molecule has 0 spiro atoms. The summed E-state index contributed by atoms with van der Waals surface area (Å²) in [5.74, 6) is 0.944. The average Bonchev–Trinajstić information content (AvgIpc) is 2.77. The lowest BCUT2D eigenvalue weighted by Crippen LogP contribution is -2.46. The number of carbonyl (C=O) groups excluding carboxylic acids is 2. The Bertz CT molecular complexity index is 869. The van der Waals surface area contributed by atoms with Crippen LogP contribution in [0.15, 0.2) is 42.5 Å². The number of amides is 2. The van der Waals surface area contributed by atoms with Gasteiger partial charge in [-0.3, -0.25) is 4.79 Å². The van der Waals surface area contributed by atoms with Crippen LogP contribution in [0.1, 0.15) is 29.2 Å². The van der Waals surface area contributed by atoms with Gasteiger partial charge in [-0.2, -0.15) is 0 Å². The Kier molecular flexibility index (Phi) is 6.59. The fraction of sp³-hybridized carbons (Fsp3) is 0.364. The lowest BCUT2D eigenvalue weighted by molar-refractivity contribution is -0.140. The van der Waals surface area contributed by atoms with Crippen LogP contribution in [-0.4, -0.2) is 51.3 Å². The molecule has 1 atom stereocenters. The van der Waals surface area contributed by atoms with E-state index in [2.05, 4.69) is 10.1 Å². The maximum Gasteiger partial charge on any atom is 0.318 e. The Morgan fingerprint density at radius 2 is 1.76 bits per heavy atom. The van der Waals surface area contributed by atoms with E-state index in [0.29, 0.717) is 24.5 Å². The highest BCUT2D eigenvalue weighted by molar-refractivity contribution is 5.77. The predicted molar refractivity (Wildman–Crippen MR) is 108 cm³/mol. The highest BCUT2D eigenvalue weighted by atomic mass is 16.5. The first-order chi connectivity index (χ1) is 14.1. The number of rotatable bonds is 6. The van der Waals surface area contributed by atoms with E-state index in [1.807, 2.05) is 42.5 Å². The molecule has 7 nitrogen and oxygen atoms in total. The van der Waals surface area contributed by atoms with Gasteiger partial charge in [0.2, 0.25) is 0 Å². The molecule has 1 heterocycles. The molecule has 0 saturated carbocycles. The number of hydrogen-bond donors (Lipinski definition) is 1. The zero-order chi connectivity index (χ0) is 20.8. The summed E-state index contributed by atoms with van der Waals surface area (Å²) in [5, 5.41) is 2.83. The molecule has 1 aliphatic rings. The van der Waals surface area contributed by atoms with Crippen molar-refractivity contribution in [3.8, 4) is 11.5 Å². The zero-order valence-electron chi connectivity index (χ0n) is 16.9. The number of benzene rings is 2. The number of nitrogens with one attached hydrogen (secondary N) is 1. The molecule has 0 aliphatic carbocycles. The zero-order valence-corrected chi connectivity index (χ0v) is 16.9. The first kappa shape index (κ1) is 20.5. The van der Waals surface area contributed by atoms with Crippen molar-refractivity contribution in [2.45, 2.75) is 18.9 Å². The maximum absolute atomic E-state index is 12.9. The largest absolute Gasteiger partial charge is 0.493 e. The van der Waals surface area contributed by atoms with Crippen molar-refractivity contribution in [3.63, 3.8) is 0 Å². The van der Waals surface area contributed by atoms with Crippen LogP contribution in [0.4, 0.5) is 4.79 Å². The molecule has 0 unspecified atom stereocenters. The van der Waals surface area contributed by atoms with E-state index >= 15 is 0 Å². The minimum absolute atomic E-state index is 0.133. The first-order valence-electron chi connectivity index (χ1n) is 9.50. The SMILES string of the molecule is COC(=O)CCNC(=O)N1CCc2cc(OC)c(OC)cc2[C@H]1c1ccccc1. The van der Waals surface area contributed by atoms with E-state index in [9.17, 15) is 9.59 Å². The summed E-state index contributed by atoms with van der Waals surface area (Å²) >= 11 is 0. The van der Waals surface area contributed by atoms with Gasteiger partial charge in [0.15, 0.2) is 11.5 Å². The molecule has 1 aliphatic heterocycles. The monoisotopic (exact) mass is 398 g/mol. The van der Waals surface area contributed by atoms with Crippen LogP contribution in [0.3, 0.4) is 0 Å². The van der Waals surface area contributed by atoms with Crippen LogP contribution in [0, 0.1) is 0 Å². The third-order valence-corrected chi connectivity index (χ3v) is 5.08. The summed E-state index contributed by atoms with van der Waals surface area (Å²) in [7, 11) is 4.55. The van der Waals surface area contributed by atoms with Crippen LogP contribution in [-0.2, 0) is 16.0 Å². The Labute approximate surface area is 170 Å². The molecule has 0 aromatic heterocycles. The third kappa shape index (κ3) is 4.45. The Morgan fingerprint density at radius 3 is 2.41 bits per heavy atom. The van der Waals surface area contributed by atoms with Gasteiger partial charge < -0.3 is 24.4 Å². The van der Waals surface area contributed by atoms with Gasteiger partial charge >= 0.3 is 12.0 Å². The van der Waals surface area contributed by atoms with E-state index in [1.54, 1.807) is 19.1 Å². The lowest BCUT2D eigenvalue weighted by atomic mass is 9.88. The molecule has 2 amide bonds. The molecule has 0 saturated heterocycles. The molecule has 29 heavy (non-hydrogen) atoms. The summed E-state index contributed by atoms with van der Waals surface area (Å²) in [4.78, 5) is 26.1. The molecule has 1 N–H and O–H groups in total. The fourth-order valence-electron chi connectivity index (χ4n) is 3.63. The van der Waals surface area contributed by atoms with Crippen LogP contribution in [0.2, 0.25) is 0 Å². The fourth-order valence-corrected chi connectivity index (χ4v) is 3.63. The number of esters is 1. The highest BCUT2D eigenvalue weighted by Crippen LogP contribution is 2.40. The molecular formula is C22H26N2O5. The van der Waals surface area contributed by atoms with E-state index < -0.39 is 0 Å². The Morgan fingerprint density at radius 1 is 1.07 bits per heavy atom. The molecule has 7 heteroatoms. The summed E-state index contributed by atoms with van der Waals surface area (Å²) < 4.78 is 15.6. The quantitative estimate of drug-likeness (QED) is 0.757. The van der Waals surface area contributed by atoms with Gasteiger partial charge in [-0.05, 0) is 35.2 Å².